The predicted octanol–water partition coefficient (Wildman–Crippen LogP) is 1.84. The maximum atomic E-state index is 12.2. The summed E-state index contributed by atoms with van der Waals surface area (Å²) in [5.74, 6) is -0.246. The van der Waals surface area contributed by atoms with Gasteiger partial charge in [0.1, 0.15) is 0 Å². The van der Waals surface area contributed by atoms with Gasteiger partial charge in [-0.1, -0.05) is 17.7 Å². The molecule has 2 N–H and O–H groups in total. The summed E-state index contributed by atoms with van der Waals surface area (Å²) >= 11 is 6.05. The molecule has 1 saturated heterocycles. The number of piperazine rings is 1. The average molecular weight is 351 g/mol. The Balaban J connectivity index is 1.48. The number of imide groups is 1. The van der Waals surface area contributed by atoms with E-state index in [1.807, 2.05) is 31.2 Å². The fourth-order valence-electron chi connectivity index (χ4n) is 2.87. The number of nitrogens with zero attached hydrogens (tertiary/aromatic N) is 2. The van der Waals surface area contributed by atoms with Crippen molar-refractivity contribution in [2.45, 2.75) is 31.8 Å². The van der Waals surface area contributed by atoms with Crippen molar-refractivity contribution in [3.8, 4) is 0 Å². The van der Waals surface area contributed by atoms with Crippen LogP contribution < -0.4 is 15.5 Å². The van der Waals surface area contributed by atoms with Gasteiger partial charge in [-0.05, 0) is 38.0 Å². The summed E-state index contributed by atoms with van der Waals surface area (Å²) in [7, 11) is 0. The molecular weight excluding hydrogens is 328 g/mol. The molecule has 0 bridgehead atoms. The average Bonchev–Trinajstić information content (AvgIpc) is 3.38. The fourth-order valence-corrected chi connectivity index (χ4v) is 3.06. The third kappa shape index (κ3) is 4.39. The summed E-state index contributed by atoms with van der Waals surface area (Å²) in [5.41, 5.74) is 1.10. The first-order chi connectivity index (χ1) is 11.5. The summed E-state index contributed by atoms with van der Waals surface area (Å²) in [6.07, 6.45) is 2.01. The first kappa shape index (κ1) is 17.0. The second-order valence-electron chi connectivity index (χ2n) is 6.42. The minimum absolute atomic E-state index is 0.245. The molecule has 1 aliphatic heterocycles. The monoisotopic (exact) mass is 350 g/mol. The molecule has 0 aromatic heterocycles. The summed E-state index contributed by atoms with van der Waals surface area (Å²) in [6.45, 7) is 5.03. The number of anilines is 1. The summed E-state index contributed by atoms with van der Waals surface area (Å²) in [4.78, 5) is 28.2. The van der Waals surface area contributed by atoms with Crippen LogP contribution in [0.5, 0.6) is 0 Å². The van der Waals surface area contributed by atoms with Gasteiger partial charge < -0.3 is 10.2 Å². The number of urea groups is 1. The van der Waals surface area contributed by atoms with Crippen LogP contribution in [0.2, 0.25) is 5.02 Å². The van der Waals surface area contributed by atoms with Crippen molar-refractivity contribution >= 4 is 29.2 Å². The van der Waals surface area contributed by atoms with Crippen LogP contribution in [-0.2, 0) is 4.79 Å². The van der Waals surface area contributed by atoms with Crippen molar-refractivity contribution in [1.82, 2.24) is 15.5 Å². The van der Waals surface area contributed by atoms with Crippen molar-refractivity contribution in [2.75, 3.05) is 31.1 Å². The van der Waals surface area contributed by atoms with Crippen LogP contribution in [-0.4, -0.2) is 55.1 Å². The third-order valence-corrected chi connectivity index (χ3v) is 4.80. The molecule has 1 aromatic carbocycles. The lowest BCUT2D eigenvalue weighted by Crippen LogP contribution is -2.55. The molecule has 130 valence electrons. The van der Waals surface area contributed by atoms with E-state index in [1.54, 1.807) is 0 Å². The van der Waals surface area contributed by atoms with Crippen LogP contribution in [0, 0.1) is 0 Å². The normalized spacial score (nSPS) is 19.7. The number of rotatable bonds is 4. The second kappa shape index (κ2) is 7.40. The van der Waals surface area contributed by atoms with E-state index in [9.17, 15) is 9.59 Å². The quantitative estimate of drug-likeness (QED) is 0.869. The number of hydrogen-bond acceptors (Lipinski definition) is 4. The Morgan fingerprint density at radius 2 is 1.92 bits per heavy atom. The molecule has 7 heteroatoms. The van der Waals surface area contributed by atoms with Crippen molar-refractivity contribution < 1.29 is 9.59 Å². The molecule has 6 nitrogen and oxygen atoms in total. The highest BCUT2D eigenvalue weighted by Crippen LogP contribution is 2.21. The fraction of sp³-hybridized carbons (Fsp3) is 0.529. The molecule has 3 rings (SSSR count). The number of carbonyl (C=O) groups is 2. The Morgan fingerprint density at radius 1 is 1.21 bits per heavy atom. The lowest BCUT2D eigenvalue weighted by molar-refractivity contribution is -0.124. The third-order valence-electron chi connectivity index (χ3n) is 4.56. The van der Waals surface area contributed by atoms with Crippen molar-refractivity contribution in [2.24, 2.45) is 0 Å². The minimum Gasteiger partial charge on any atom is -0.369 e. The Bertz CT molecular complexity index is 612. The predicted molar refractivity (Wildman–Crippen MR) is 94.4 cm³/mol. The summed E-state index contributed by atoms with van der Waals surface area (Å²) in [5, 5.41) is 5.93. The van der Waals surface area contributed by atoms with E-state index < -0.39 is 0 Å². The topological polar surface area (TPSA) is 64.7 Å². The van der Waals surface area contributed by atoms with Crippen LogP contribution in [0.1, 0.15) is 19.8 Å². The zero-order valence-corrected chi connectivity index (χ0v) is 14.6. The molecule has 1 aliphatic carbocycles. The van der Waals surface area contributed by atoms with E-state index in [-0.39, 0.29) is 24.0 Å². The molecule has 0 spiro atoms. The molecule has 1 aromatic rings. The Kier molecular flexibility index (Phi) is 5.26. The Labute approximate surface area is 147 Å². The summed E-state index contributed by atoms with van der Waals surface area (Å²) in [6, 6.07) is 7.34. The zero-order valence-electron chi connectivity index (χ0n) is 13.8. The molecule has 1 saturated carbocycles. The molecule has 1 atom stereocenters. The first-order valence-electron chi connectivity index (χ1n) is 8.39. The number of benzene rings is 1. The highest BCUT2D eigenvalue weighted by molar-refractivity contribution is 6.30. The van der Waals surface area contributed by atoms with Crippen LogP contribution >= 0.6 is 11.6 Å². The smallest absolute Gasteiger partial charge is 0.321 e. The molecule has 3 amide bonds. The van der Waals surface area contributed by atoms with E-state index in [4.69, 9.17) is 11.6 Å². The van der Waals surface area contributed by atoms with E-state index >= 15 is 0 Å². The molecular formula is C17H23ClN4O2. The van der Waals surface area contributed by atoms with Gasteiger partial charge in [0.25, 0.3) is 0 Å². The molecule has 1 unspecified atom stereocenters. The van der Waals surface area contributed by atoms with Gasteiger partial charge in [-0.25, -0.2) is 4.79 Å². The van der Waals surface area contributed by atoms with Crippen molar-refractivity contribution in [3.05, 3.63) is 29.3 Å². The Morgan fingerprint density at radius 3 is 2.54 bits per heavy atom. The van der Waals surface area contributed by atoms with E-state index in [0.717, 1.165) is 49.7 Å². The second-order valence-corrected chi connectivity index (χ2v) is 6.85. The van der Waals surface area contributed by atoms with Crippen LogP contribution in [0.25, 0.3) is 0 Å². The standard InChI is InChI=1S/C17H23ClN4O2/c1-12(16(23)20-17(24)19-14-5-6-14)21-7-9-22(10-8-21)15-4-2-3-13(18)11-15/h2-4,11-12,14H,5-10H2,1H3,(H2,19,20,23,24). The number of amides is 3. The minimum atomic E-state index is -0.382. The number of nitrogens with one attached hydrogen (secondary N) is 2. The van der Waals surface area contributed by atoms with Crippen LogP contribution in [0.15, 0.2) is 24.3 Å². The molecule has 24 heavy (non-hydrogen) atoms. The van der Waals surface area contributed by atoms with E-state index in [2.05, 4.69) is 20.4 Å². The largest absolute Gasteiger partial charge is 0.369 e. The first-order valence-corrected chi connectivity index (χ1v) is 8.76. The molecule has 2 fully saturated rings. The van der Waals surface area contributed by atoms with Crippen LogP contribution in [0.4, 0.5) is 10.5 Å². The number of halogens is 1. The van der Waals surface area contributed by atoms with E-state index in [0.29, 0.717) is 0 Å². The number of hydrogen-bond donors (Lipinski definition) is 2. The van der Waals surface area contributed by atoms with Crippen molar-refractivity contribution in [3.63, 3.8) is 0 Å². The highest BCUT2D eigenvalue weighted by Gasteiger charge is 2.28. The van der Waals surface area contributed by atoms with Gasteiger partial charge in [0.05, 0.1) is 6.04 Å². The SMILES string of the molecule is CC(C(=O)NC(=O)NC1CC1)N1CCN(c2cccc(Cl)c2)CC1. The van der Waals surface area contributed by atoms with Gasteiger partial charge in [-0.2, -0.15) is 0 Å². The van der Waals surface area contributed by atoms with Gasteiger partial charge >= 0.3 is 6.03 Å². The molecule has 1 heterocycles. The van der Waals surface area contributed by atoms with E-state index in [1.165, 1.54) is 0 Å². The van der Waals surface area contributed by atoms with Gasteiger partial charge in [-0.3, -0.25) is 15.0 Å². The lowest BCUT2D eigenvalue weighted by atomic mass is 10.2. The number of carbonyl (C=O) groups excluding carboxylic acids is 2. The molecule has 0 radical (unpaired) electrons. The van der Waals surface area contributed by atoms with Gasteiger partial charge in [-0.15, -0.1) is 0 Å². The van der Waals surface area contributed by atoms with Crippen LogP contribution in [0.3, 0.4) is 0 Å². The maximum absolute atomic E-state index is 12.2. The lowest BCUT2D eigenvalue weighted by Gasteiger charge is -2.38. The summed E-state index contributed by atoms with van der Waals surface area (Å²) < 4.78 is 0. The maximum Gasteiger partial charge on any atom is 0.321 e. The zero-order chi connectivity index (χ0) is 17.1. The van der Waals surface area contributed by atoms with Gasteiger partial charge in [0, 0.05) is 42.9 Å². The van der Waals surface area contributed by atoms with Gasteiger partial charge in [0.2, 0.25) is 5.91 Å². The highest BCUT2D eigenvalue weighted by atomic mass is 35.5. The Hall–Kier alpha value is -1.79. The van der Waals surface area contributed by atoms with Gasteiger partial charge in [0.15, 0.2) is 0 Å². The van der Waals surface area contributed by atoms with Crippen molar-refractivity contribution in [1.29, 1.82) is 0 Å². The molecule has 2 aliphatic rings.